The highest BCUT2D eigenvalue weighted by Crippen LogP contribution is 2.30. The molecular weight excluding hydrogens is 393 g/mol. The van der Waals surface area contributed by atoms with E-state index in [1.807, 2.05) is 6.07 Å². The largest absolute Gasteiger partial charge is 0.309 e. The Balaban J connectivity index is 2.23. The third-order valence-corrected chi connectivity index (χ3v) is 5.53. The zero-order valence-electron chi connectivity index (χ0n) is 10.4. The van der Waals surface area contributed by atoms with Gasteiger partial charge in [-0.25, -0.2) is 4.39 Å². The van der Waals surface area contributed by atoms with Gasteiger partial charge in [-0.1, -0.05) is 19.1 Å². The van der Waals surface area contributed by atoms with Gasteiger partial charge < -0.3 is 5.32 Å². The summed E-state index contributed by atoms with van der Waals surface area (Å²) in [6, 6.07) is 7.51. The SMILES string of the molecule is CCNC(Cc1cccc(F)c1Br)c1cc(Br)cs1. The van der Waals surface area contributed by atoms with Gasteiger partial charge in [0.2, 0.25) is 0 Å². The Hall–Kier alpha value is -0.230. The van der Waals surface area contributed by atoms with Crippen molar-refractivity contribution in [3.63, 3.8) is 0 Å². The highest BCUT2D eigenvalue weighted by atomic mass is 79.9. The van der Waals surface area contributed by atoms with Gasteiger partial charge in [-0.15, -0.1) is 11.3 Å². The molecule has 0 amide bonds. The molecule has 2 rings (SSSR count). The summed E-state index contributed by atoms with van der Waals surface area (Å²) in [6.45, 7) is 2.96. The van der Waals surface area contributed by atoms with Crippen LogP contribution in [-0.4, -0.2) is 6.54 Å². The molecule has 0 saturated heterocycles. The summed E-state index contributed by atoms with van der Waals surface area (Å²) in [5.74, 6) is -0.208. The predicted molar refractivity (Wildman–Crippen MR) is 86.2 cm³/mol. The molecule has 1 heterocycles. The zero-order chi connectivity index (χ0) is 13.8. The summed E-state index contributed by atoms with van der Waals surface area (Å²) in [6.07, 6.45) is 0.763. The molecule has 0 aliphatic heterocycles. The Morgan fingerprint density at radius 3 is 2.79 bits per heavy atom. The van der Waals surface area contributed by atoms with Crippen molar-refractivity contribution in [1.29, 1.82) is 0 Å². The molecule has 5 heteroatoms. The number of nitrogens with one attached hydrogen (secondary N) is 1. The molecule has 19 heavy (non-hydrogen) atoms. The fraction of sp³-hybridized carbons (Fsp3) is 0.286. The van der Waals surface area contributed by atoms with Crippen molar-refractivity contribution >= 4 is 43.2 Å². The second-order valence-electron chi connectivity index (χ2n) is 4.19. The maximum Gasteiger partial charge on any atom is 0.137 e. The van der Waals surface area contributed by atoms with E-state index >= 15 is 0 Å². The molecule has 2 aromatic rings. The number of rotatable bonds is 5. The van der Waals surface area contributed by atoms with Gasteiger partial charge in [0.1, 0.15) is 5.82 Å². The van der Waals surface area contributed by atoms with E-state index in [1.165, 1.54) is 10.9 Å². The lowest BCUT2D eigenvalue weighted by atomic mass is 10.0. The van der Waals surface area contributed by atoms with Crippen LogP contribution in [0.15, 0.2) is 38.6 Å². The van der Waals surface area contributed by atoms with E-state index in [1.54, 1.807) is 17.4 Å². The standard InChI is InChI=1S/C14H14Br2FNS/c1-2-18-12(13-7-10(15)8-19-13)6-9-4-3-5-11(17)14(9)16/h3-5,7-8,12,18H,2,6H2,1H3. The second-order valence-corrected chi connectivity index (χ2v) is 6.85. The molecule has 102 valence electrons. The molecule has 0 radical (unpaired) electrons. The average molecular weight is 407 g/mol. The van der Waals surface area contributed by atoms with Crippen LogP contribution in [0.1, 0.15) is 23.4 Å². The van der Waals surface area contributed by atoms with Crippen molar-refractivity contribution in [3.8, 4) is 0 Å². The van der Waals surface area contributed by atoms with Crippen LogP contribution in [0, 0.1) is 5.82 Å². The normalized spacial score (nSPS) is 12.6. The number of hydrogen-bond donors (Lipinski definition) is 1. The molecular formula is C14H14Br2FNS. The minimum Gasteiger partial charge on any atom is -0.309 e. The Labute approximate surface area is 133 Å². The summed E-state index contributed by atoms with van der Waals surface area (Å²) in [5, 5.41) is 5.52. The monoisotopic (exact) mass is 405 g/mol. The van der Waals surface area contributed by atoms with E-state index in [4.69, 9.17) is 0 Å². The third kappa shape index (κ3) is 3.88. The van der Waals surface area contributed by atoms with Gasteiger partial charge >= 0.3 is 0 Å². The molecule has 0 aliphatic rings. The molecule has 1 N–H and O–H groups in total. The lowest BCUT2D eigenvalue weighted by Crippen LogP contribution is -2.22. The first-order valence-corrected chi connectivity index (χ1v) is 8.48. The third-order valence-electron chi connectivity index (χ3n) is 2.84. The van der Waals surface area contributed by atoms with Crippen LogP contribution in [0.4, 0.5) is 4.39 Å². The lowest BCUT2D eigenvalue weighted by Gasteiger charge is -2.17. The molecule has 0 saturated carbocycles. The van der Waals surface area contributed by atoms with Crippen LogP contribution >= 0.6 is 43.2 Å². The highest BCUT2D eigenvalue weighted by molar-refractivity contribution is 9.10. The van der Waals surface area contributed by atoms with Crippen LogP contribution in [-0.2, 0) is 6.42 Å². The number of likely N-dealkylation sites (N-methyl/N-ethyl adjacent to an activating group) is 1. The predicted octanol–water partition coefficient (Wildman–Crippen LogP) is 5.31. The van der Waals surface area contributed by atoms with Crippen molar-refractivity contribution in [2.24, 2.45) is 0 Å². The summed E-state index contributed by atoms with van der Waals surface area (Å²) >= 11 is 8.51. The minimum atomic E-state index is -0.208. The maximum atomic E-state index is 13.5. The van der Waals surface area contributed by atoms with Gasteiger partial charge in [0.25, 0.3) is 0 Å². The van der Waals surface area contributed by atoms with Gasteiger partial charge in [0.15, 0.2) is 0 Å². The molecule has 0 fully saturated rings. The molecule has 1 aromatic heterocycles. The van der Waals surface area contributed by atoms with Crippen molar-refractivity contribution in [2.45, 2.75) is 19.4 Å². The van der Waals surface area contributed by atoms with Crippen molar-refractivity contribution in [1.82, 2.24) is 5.32 Å². The van der Waals surface area contributed by atoms with Crippen LogP contribution in [0.2, 0.25) is 0 Å². The highest BCUT2D eigenvalue weighted by Gasteiger charge is 2.16. The summed E-state index contributed by atoms with van der Waals surface area (Å²) in [5.41, 5.74) is 0.982. The first-order valence-electron chi connectivity index (χ1n) is 6.02. The molecule has 0 bridgehead atoms. The number of hydrogen-bond acceptors (Lipinski definition) is 2. The molecule has 1 unspecified atom stereocenters. The molecule has 1 nitrogen and oxygen atoms in total. The van der Waals surface area contributed by atoms with Gasteiger partial charge in [0.05, 0.1) is 4.47 Å². The summed E-state index contributed by atoms with van der Waals surface area (Å²) in [4.78, 5) is 1.25. The van der Waals surface area contributed by atoms with Gasteiger partial charge in [0, 0.05) is 20.8 Å². The second kappa shape index (κ2) is 6.97. The Bertz CT molecular complexity index is 556. The van der Waals surface area contributed by atoms with Crippen LogP contribution in [0.25, 0.3) is 0 Å². The number of halogens is 3. The molecule has 0 aliphatic carbocycles. The van der Waals surface area contributed by atoms with Crippen molar-refractivity contribution in [2.75, 3.05) is 6.54 Å². The van der Waals surface area contributed by atoms with E-state index in [-0.39, 0.29) is 11.9 Å². The topological polar surface area (TPSA) is 12.0 Å². The fourth-order valence-corrected chi connectivity index (χ4v) is 3.90. The Kier molecular flexibility index (Phi) is 5.57. The average Bonchev–Trinajstić information content (AvgIpc) is 2.81. The summed E-state index contributed by atoms with van der Waals surface area (Å²) in [7, 11) is 0. The van der Waals surface area contributed by atoms with Gasteiger partial charge in [-0.3, -0.25) is 0 Å². The lowest BCUT2D eigenvalue weighted by molar-refractivity contribution is 0.552. The Morgan fingerprint density at radius 1 is 1.37 bits per heavy atom. The maximum absolute atomic E-state index is 13.5. The molecule has 1 atom stereocenters. The van der Waals surface area contributed by atoms with E-state index in [0.29, 0.717) is 4.47 Å². The van der Waals surface area contributed by atoms with E-state index in [9.17, 15) is 4.39 Å². The molecule has 0 spiro atoms. The minimum absolute atomic E-state index is 0.208. The summed E-state index contributed by atoms with van der Waals surface area (Å²) < 4.78 is 15.2. The van der Waals surface area contributed by atoms with E-state index in [0.717, 1.165) is 23.0 Å². The number of benzene rings is 1. The first kappa shape index (κ1) is 15.2. The van der Waals surface area contributed by atoms with Crippen LogP contribution < -0.4 is 5.32 Å². The van der Waals surface area contributed by atoms with Crippen molar-refractivity contribution < 1.29 is 4.39 Å². The van der Waals surface area contributed by atoms with Crippen LogP contribution in [0.3, 0.4) is 0 Å². The quantitative estimate of drug-likeness (QED) is 0.709. The smallest absolute Gasteiger partial charge is 0.137 e. The zero-order valence-corrected chi connectivity index (χ0v) is 14.4. The molecule has 1 aromatic carbocycles. The van der Waals surface area contributed by atoms with E-state index in [2.05, 4.69) is 55.5 Å². The van der Waals surface area contributed by atoms with Crippen molar-refractivity contribution in [3.05, 3.63) is 54.8 Å². The number of thiophene rings is 1. The van der Waals surface area contributed by atoms with Gasteiger partial charge in [-0.2, -0.15) is 0 Å². The van der Waals surface area contributed by atoms with Crippen LogP contribution in [0.5, 0.6) is 0 Å². The fourth-order valence-electron chi connectivity index (χ4n) is 1.96. The van der Waals surface area contributed by atoms with Gasteiger partial charge in [-0.05, 0) is 62.5 Å². The first-order chi connectivity index (χ1) is 9.11. The van der Waals surface area contributed by atoms with E-state index < -0.39 is 0 Å². The Morgan fingerprint density at radius 2 is 2.16 bits per heavy atom.